The van der Waals surface area contributed by atoms with Crippen LogP contribution < -0.4 is 15.2 Å². The van der Waals surface area contributed by atoms with Crippen molar-refractivity contribution >= 4 is 0 Å². The van der Waals surface area contributed by atoms with Crippen LogP contribution in [-0.4, -0.2) is 24.7 Å². The third-order valence-corrected chi connectivity index (χ3v) is 2.41. The van der Waals surface area contributed by atoms with Gasteiger partial charge in [0.1, 0.15) is 5.75 Å². The molecule has 1 aromatic rings. The van der Waals surface area contributed by atoms with Crippen molar-refractivity contribution in [2.75, 3.05) is 14.2 Å². The number of rotatable bonds is 5. The van der Waals surface area contributed by atoms with E-state index in [1.807, 2.05) is 19.9 Å². The zero-order valence-electron chi connectivity index (χ0n) is 10.4. The van der Waals surface area contributed by atoms with Gasteiger partial charge in [-0.15, -0.1) is 0 Å². The van der Waals surface area contributed by atoms with Gasteiger partial charge >= 0.3 is 0 Å². The topological polar surface area (TPSA) is 57.4 Å². The lowest BCUT2D eigenvalue weighted by Crippen LogP contribution is -2.32. The second-order valence-electron chi connectivity index (χ2n) is 4.49. The molecule has 0 atom stereocenters. The minimum absolute atomic E-state index is 0.203. The summed E-state index contributed by atoms with van der Waals surface area (Å²) in [6, 6.07) is 1.83. The van der Waals surface area contributed by atoms with Crippen LogP contribution in [0.1, 0.15) is 25.8 Å². The molecule has 0 aromatic carbocycles. The standard InChI is InChI=1S/C12H20N2O2/c1-12(2,13)7-5-9-10(15-3)6-8-14-11(9)16-4/h6,8H,5,7,13H2,1-4H3. The molecule has 1 rings (SSSR count). The first kappa shape index (κ1) is 12.8. The van der Waals surface area contributed by atoms with Gasteiger partial charge in [-0.25, -0.2) is 4.98 Å². The van der Waals surface area contributed by atoms with Crippen molar-refractivity contribution in [3.8, 4) is 11.6 Å². The van der Waals surface area contributed by atoms with Crippen molar-refractivity contribution in [3.05, 3.63) is 17.8 Å². The van der Waals surface area contributed by atoms with Crippen molar-refractivity contribution < 1.29 is 9.47 Å². The zero-order valence-corrected chi connectivity index (χ0v) is 10.4. The fourth-order valence-electron chi connectivity index (χ4n) is 1.50. The van der Waals surface area contributed by atoms with Crippen LogP contribution in [-0.2, 0) is 6.42 Å². The van der Waals surface area contributed by atoms with Gasteiger partial charge in [0.2, 0.25) is 5.88 Å². The molecular weight excluding hydrogens is 204 g/mol. The van der Waals surface area contributed by atoms with Crippen molar-refractivity contribution in [2.45, 2.75) is 32.2 Å². The molecule has 0 spiro atoms. The van der Waals surface area contributed by atoms with E-state index in [0.717, 1.165) is 24.2 Å². The van der Waals surface area contributed by atoms with Gasteiger partial charge in [0.25, 0.3) is 0 Å². The van der Waals surface area contributed by atoms with E-state index >= 15 is 0 Å². The first-order valence-electron chi connectivity index (χ1n) is 5.32. The molecule has 1 aromatic heterocycles. The predicted octanol–water partition coefficient (Wildman–Crippen LogP) is 1.77. The third-order valence-electron chi connectivity index (χ3n) is 2.41. The van der Waals surface area contributed by atoms with Crippen LogP contribution in [0.4, 0.5) is 0 Å². The fourth-order valence-corrected chi connectivity index (χ4v) is 1.50. The number of methoxy groups -OCH3 is 2. The van der Waals surface area contributed by atoms with E-state index in [1.165, 1.54) is 0 Å². The maximum atomic E-state index is 5.96. The van der Waals surface area contributed by atoms with Gasteiger partial charge in [0, 0.05) is 11.7 Å². The second-order valence-corrected chi connectivity index (χ2v) is 4.49. The lowest BCUT2D eigenvalue weighted by Gasteiger charge is -2.19. The normalized spacial score (nSPS) is 11.3. The molecule has 0 amide bonds. The highest BCUT2D eigenvalue weighted by Gasteiger charge is 2.16. The van der Waals surface area contributed by atoms with Crippen LogP contribution in [0.2, 0.25) is 0 Å². The SMILES string of the molecule is COc1ccnc(OC)c1CCC(C)(C)N. The molecule has 16 heavy (non-hydrogen) atoms. The average Bonchev–Trinajstić information content (AvgIpc) is 2.24. The number of nitrogens with zero attached hydrogens (tertiary/aromatic N) is 1. The third kappa shape index (κ3) is 3.38. The van der Waals surface area contributed by atoms with E-state index in [2.05, 4.69) is 4.98 Å². The minimum Gasteiger partial charge on any atom is -0.496 e. The summed E-state index contributed by atoms with van der Waals surface area (Å²) in [5, 5.41) is 0. The Labute approximate surface area is 96.8 Å². The van der Waals surface area contributed by atoms with E-state index in [4.69, 9.17) is 15.2 Å². The van der Waals surface area contributed by atoms with Crippen molar-refractivity contribution in [3.63, 3.8) is 0 Å². The van der Waals surface area contributed by atoms with Gasteiger partial charge in [-0.2, -0.15) is 0 Å². The molecule has 0 bridgehead atoms. The Kier molecular flexibility index (Phi) is 4.12. The van der Waals surface area contributed by atoms with Gasteiger partial charge in [-0.05, 0) is 32.8 Å². The molecule has 0 aliphatic heterocycles. The van der Waals surface area contributed by atoms with Gasteiger partial charge in [-0.3, -0.25) is 0 Å². The number of pyridine rings is 1. The van der Waals surface area contributed by atoms with Gasteiger partial charge in [0.05, 0.1) is 19.8 Å². The molecule has 0 radical (unpaired) electrons. The summed E-state index contributed by atoms with van der Waals surface area (Å²) in [4.78, 5) is 4.16. The summed E-state index contributed by atoms with van der Waals surface area (Å²) in [6.45, 7) is 4.00. The van der Waals surface area contributed by atoms with Crippen molar-refractivity contribution in [2.24, 2.45) is 5.73 Å². The van der Waals surface area contributed by atoms with Crippen LogP contribution in [0.15, 0.2) is 12.3 Å². The van der Waals surface area contributed by atoms with E-state index in [9.17, 15) is 0 Å². The summed E-state index contributed by atoms with van der Waals surface area (Å²) in [5.41, 5.74) is 6.74. The van der Waals surface area contributed by atoms with Crippen molar-refractivity contribution in [1.29, 1.82) is 0 Å². The quantitative estimate of drug-likeness (QED) is 0.828. The van der Waals surface area contributed by atoms with Crippen LogP contribution in [0.3, 0.4) is 0 Å². The van der Waals surface area contributed by atoms with Gasteiger partial charge < -0.3 is 15.2 Å². The first-order chi connectivity index (χ1) is 7.48. The lowest BCUT2D eigenvalue weighted by molar-refractivity contribution is 0.367. The molecule has 0 aliphatic carbocycles. The predicted molar refractivity (Wildman–Crippen MR) is 63.9 cm³/mol. The molecule has 0 fully saturated rings. The molecule has 1 heterocycles. The number of nitrogens with two attached hydrogens (primary N) is 1. The van der Waals surface area contributed by atoms with E-state index in [1.54, 1.807) is 20.4 Å². The molecule has 0 unspecified atom stereocenters. The molecule has 4 heteroatoms. The van der Waals surface area contributed by atoms with E-state index in [-0.39, 0.29) is 5.54 Å². The Balaban J connectivity index is 2.91. The zero-order chi connectivity index (χ0) is 12.2. The van der Waals surface area contributed by atoms with Crippen molar-refractivity contribution in [1.82, 2.24) is 4.98 Å². The second kappa shape index (κ2) is 5.16. The summed E-state index contributed by atoms with van der Waals surface area (Å²) in [5.74, 6) is 1.42. The minimum atomic E-state index is -0.203. The maximum absolute atomic E-state index is 5.96. The Morgan fingerprint density at radius 2 is 2.00 bits per heavy atom. The lowest BCUT2D eigenvalue weighted by atomic mass is 9.96. The molecule has 0 saturated carbocycles. The summed E-state index contributed by atoms with van der Waals surface area (Å²) < 4.78 is 10.5. The molecule has 4 nitrogen and oxygen atoms in total. The largest absolute Gasteiger partial charge is 0.496 e. The monoisotopic (exact) mass is 224 g/mol. The number of aromatic nitrogens is 1. The van der Waals surface area contributed by atoms with Crippen LogP contribution >= 0.6 is 0 Å². The maximum Gasteiger partial charge on any atom is 0.219 e. The highest BCUT2D eigenvalue weighted by Crippen LogP contribution is 2.28. The van der Waals surface area contributed by atoms with E-state index < -0.39 is 0 Å². The van der Waals surface area contributed by atoms with Crippen LogP contribution in [0.25, 0.3) is 0 Å². The number of hydrogen-bond acceptors (Lipinski definition) is 4. The summed E-state index contributed by atoms with van der Waals surface area (Å²) >= 11 is 0. The Hall–Kier alpha value is -1.29. The Morgan fingerprint density at radius 1 is 1.31 bits per heavy atom. The van der Waals surface area contributed by atoms with E-state index in [0.29, 0.717) is 5.88 Å². The van der Waals surface area contributed by atoms with Crippen LogP contribution in [0, 0.1) is 0 Å². The number of ether oxygens (including phenoxy) is 2. The molecule has 90 valence electrons. The summed E-state index contributed by atoms with van der Waals surface area (Å²) in [7, 11) is 3.25. The first-order valence-corrected chi connectivity index (χ1v) is 5.32. The van der Waals surface area contributed by atoms with Gasteiger partial charge in [0.15, 0.2) is 0 Å². The Morgan fingerprint density at radius 3 is 2.50 bits per heavy atom. The molecule has 2 N–H and O–H groups in total. The summed E-state index contributed by atoms with van der Waals surface area (Å²) in [6.07, 6.45) is 3.32. The smallest absolute Gasteiger partial charge is 0.219 e. The molecular formula is C12H20N2O2. The Bertz CT molecular complexity index is 323. The number of hydrogen-bond donors (Lipinski definition) is 1. The molecule has 0 aliphatic rings. The highest BCUT2D eigenvalue weighted by molar-refractivity contribution is 5.39. The average molecular weight is 224 g/mol. The molecule has 0 saturated heterocycles. The van der Waals surface area contributed by atoms with Gasteiger partial charge in [-0.1, -0.05) is 0 Å². The van der Waals surface area contributed by atoms with Crippen LogP contribution in [0.5, 0.6) is 11.6 Å². The highest BCUT2D eigenvalue weighted by atomic mass is 16.5. The fraction of sp³-hybridized carbons (Fsp3) is 0.583.